The van der Waals surface area contributed by atoms with Gasteiger partial charge in [0.2, 0.25) is 0 Å². The van der Waals surface area contributed by atoms with Gasteiger partial charge in [-0.2, -0.15) is 0 Å². The van der Waals surface area contributed by atoms with Crippen LogP contribution in [-0.4, -0.2) is 15.1 Å². The van der Waals surface area contributed by atoms with Gasteiger partial charge in [0.25, 0.3) is 0 Å². The Morgan fingerprint density at radius 1 is 1.17 bits per heavy atom. The van der Waals surface area contributed by atoms with Gasteiger partial charge in [-0.05, 0) is 46.6 Å². The minimum atomic E-state index is 0.155. The number of nitrogens with zero attached hydrogens (tertiary/aromatic N) is 2. The summed E-state index contributed by atoms with van der Waals surface area (Å²) in [6.45, 7) is 1.82. The highest BCUT2D eigenvalue weighted by Gasteiger charge is 2.12. The number of halogens is 2. The second kappa shape index (κ2) is 4.07. The van der Waals surface area contributed by atoms with Gasteiger partial charge in [0.15, 0.2) is 0 Å². The highest BCUT2D eigenvalue weighted by Crippen LogP contribution is 2.34. The molecule has 0 unspecified atom stereocenters. The maximum atomic E-state index is 10.1. The van der Waals surface area contributed by atoms with Gasteiger partial charge in [-0.15, -0.1) is 0 Å². The molecule has 1 N–H and O–H groups in total. The molecule has 0 aliphatic heterocycles. The summed E-state index contributed by atoms with van der Waals surface area (Å²) in [5.74, 6) is 0.155. The van der Waals surface area contributed by atoms with Crippen molar-refractivity contribution in [1.29, 1.82) is 0 Å². The lowest BCUT2D eigenvalue weighted by atomic mass is 10.1. The van der Waals surface area contributed by atoms with E-state index < -0.39 is 0 Å². The van der Waals surface area contributed by atoms with E-state index in [4.69, 9.17) is 11.6 Å². The number of hydrogen-bond acceptors (Lipinski definition) is 3. The highest BCUT2D eigenvalue weighted by atomic mass is 79.9. The Kier molecular flexibility index (Phi) is 2.64. The van der Waals surface area contributed by atoms with Crippen LogP contribution in [0.2, 0.25) is 5.02 Å². The quantitative estimate of drug-likeness (QED) is 0.630. The van der Waals surface area contributed by atoms with E-state index in [0.717, 1.165) is 10.0 Å². The first kappa shape index (κ1) is 11.7. The molecule has 3 nitrogen and oxygen atoms in total. The molecule has 0 saturated heterocycles. The van der Waals surface area contributed by atoms with Crippen molar-refractivity contribution < 1.29 is 5.11 Å². The first-order valence-corrected chi connectivity index (χ1v) is 6.49. The smallest absolute Gasteiger partial charge is 0.146 e. The average Bonchev–Trinajstić information content (AvgIpc) is 2.35. The molecule has 0 amide bonds. The molecule has 2 aromatic carbocycles. The number of phenolic OH excluding ortho intramolecular Hbond substituents is 1. The number of aryl methyl sites for hydroxylation is 1. The number of para-hydroxylation sites is 1. The first-order valence-electron chi connectivity index (χ1n) is 5.32. The van der Waals surface area contributed by atoms with Crippen LogP contribution in [0.15, 0.2) is 28.7 Å². The zero-order chi connectivity index (χ0) is 12.9. The Labute approximate surface area is 117 Å². The summed E-state index contributed by atoms with van der Waals surface area (Å²) < 4.78 is 0.794. The van der Waals surface area contributed by atoms with Crippen LogP contribution in [0.5, 0.6) is 5.75 Å². The van der Waals surface area contributed by atoms with Gasteiger partial charge >= 0.3 is 0 Å². The standard InChI is InChI=1S/C13H8BrClN2O/c1-6-5-7(14)10-12(13(6)18)16-9-4-2-3-8(15)11(9)17-10/h2-5,18H,1H3. The van der Waals surface area contributed by atoms with E-state index >= 15 is 0 Å². The Morgan fingerprint density at radius 3 is 2.72 bits per heavy atom. The molecular formula is C13H8BrClN2O. The molecule has 0 spiro atoms. The molecule has 0 saturated carbocycles. The average molecular weight is 324 g/mol. The molecule has 0 aliphatic rings. The molecule has 90 valence electrons. The lowest BCUT2D eigenvalue weighted by Gasteiger charge is -2.07. The molecule has 0 aliphatic carbocycles. The third-order valence-corrected chi connectivity index (χ3v) is 3.72. The van der Waals surface area contributed by atoms with Crippen molar-refractivity contribution in [3.8, 4) is 5.75 Å². The van der Waals surface area contributed by atoms with E-state index in [1.807, 2.05) is 25.1 Å². The van der Waals surface area contributed by atoms with Crippen molar-refractivity contribution in [2.24, 2.45) is 0 Å². The SMILES string of the molecule is Cc1cc(Br)c2nc3c(Cl)cccc3nc2c1O. The van der Waals surface area contributed by atoms with Crippen LogP contribution in [0.3, 0.4) is 0 Å². The zero-order valence-corrected chi connectivity index (χ0v) is 11.7. The second-order valence-electron chi connectivity index (χ2n) is 4.05. The molecule has 1 aromatic heterocycles. The van der Waals surface area contributed by atoms with Crippen LogP contribution >= 0.6 is 27.5 Å². The van der Waals surface area contributed by atoms with Crippen LogP contribution in [0, 0.1) is 6.92 Å². The minimum Gasteiger partial charge on any atom is -0.505 e. The number of phenols is 1. The third-order valence-electron chi connectivity index (χ3n) is 2.81. The van der Waals surface area contributed by atoms with Crippen molar-refractivity contribution >= 4 is 49.6 Å². The van der Waals surface area contributed by atoms with Gasteiger partial charge < -0.3 is 5.11 Å². The molecule has 5 heteroatoms. The van der Waals surface area contributed by atoms with E-state index in [2.05, 4.69) is 25.9 Å². The number of benzene rings is 2. The second-order valence-corrected chi connectivity index (χ2v) is 5.31. The lowest BCUT2D eigenvalue weighted by Crippen LogP contribution is -1.91. The number of aromatic nitrogens is 2. The number of aromatic hydroxyl groups is 1. The maximum absolute atomic E-state index is 10.1. The van der Waals surface area contributed by atoms with Crippen LogP contribution in [-0.2, 0) is 0 Å². The summed E-state index contributed by atoms with van der Waals surface area (Å²) in [4.78, 5) is 8.91. The Bertz CT molecular complexity index is 789. The summed E-state index contributed by atoms with van der Waals surface area (Å²) in [7, 11) is 0. The van der Waals surface area contributed by atoms with Crippen LogP contribution < -0.4 is 0 Å². The van der Waals surface area contributed by atoms with E-state index in [9.17, 15) is 5.11 Å². The largest absolute Gasteiger partial charge is 0.505 e. The van der Waals surface area contributed by atoms with Crippen LogP contribution in [0.1, 0.15) is 5.56 Å². The molecule has 3 aromatic rings. The maximum Gasteiger partial charge on any atom is 0.146 e. The zero-order valence-electron chi connectivity index (χ0n) is 9.41. The molecule has 1 heterocycles. The van der Waals surface area contributed by atoms with E-state index in [0.29, 0.717) is 27.1 Å². The Hall–Kier alpha value is -1.39. The fourth-order valence-electron chi connectivity index (χ4n) is 1.89. The predicted octanol–water partition coefficient (Wildman–Crippen LogP) is 4.21. The summed E-state index contributed by atoms with van der Waals surface area (Å²) in [5.41, 5.74) is 3.15. The number of hydrogen-bond donors (Lipinski definition) is 1. The molecule has 0 fully saturated rings. The van der Waals surface area contributed by atoms with E-state index in [-0.39, 0.29) is 5.75 Å². The van der Waals surface area contributed by atoms with Gasteiger partial charge in [0.1, 0.15) is 22.3 Å². The molecule has 3 rings (SSSR count). The molecular weight excluding hydrogens is 316 g/mol. The third kappa shape index (κ3) is 1.64. The van der Waals surface area contributed by atoms with Crippen molar-refractivity contribution in [2.75, 3.05) is 0 Å². The van der Waals surface area contributed by atoms with Crippen molar-refractivity contribution in [3.63, 3.8) is 0 Å². The fourth-order valence-corrected chi connectivity index (χ4v) is 2.72. The van der Waals surface area contributed by atoms with Crippen LogP contribution in [0.25, 0.3) is 22.1 Å². The summed E-state index contributed by atoms with van der Waals surface area (Å²) in [5, 5.41) is 10.6. The summed E-state index contributed by atoms with van der Waals surface area (Å²) >= 11 is 9.54. The molecule has 0 atom stereocenters. The normalized spacial score (nSPS) is 11.3. The summed E-state index contributed by atoms with van der Waals surface area (Å²) in [6.07, 6.45) is 0. The van der Waals surface area contributed by atoms with E-state index in [1.54, 1.807) is 6.07 Å². The van der Waals surface area contributed by atoms with E-state index in [1.165, 1.54) is 0 Å². The first-order chi connectivity index (χ1) is 8.58. The Balaban J connectivity index is 2.57. The number of fused-ring (bicyclic) bond motifs is 2. The lowest BCUT2D eigenvalue weighted by molar-refractivity contribution is 0.476. The monoisotopic (exact) mass is 322 g/mol. The summed E-state index contributed by atoms with van der Waals surface area (Å²) in [6, 6.07) is 7.22. The fraction of sp³-hybridized carbons (Fsp3) is 0.0769. The van der Waals surface area contributed by atoms with Crippen molar-refractivity contribution in [3.05, 3.63) is 39.3 Å². The van der Waals surface area contributed by atoms with Crippen molar-refractivity contribution in [1.82, 2.24) is 9.97 Å². The van der Waals surface area contributed by atoms with Gasteiger partial charge in [0, 0.05) is 4.47 Å². The minimum absolute atomic E-state index is 0.155. The van der Waals surface area contributed by atoms with Gasteiger partial charge in [-0.25, -0.2) is 9.97 Å². The Morgan fingerprint density at radius 2 is 1.94 bits per heavy atom. The van der Waals surface area contributed by atoms with Gasteiger partial charge in [0.05, 0.1) is 10.5 Å². The topological polar surface area (TPSA) is 46.0 Å². The molecule has 0 bridgehead atoms. The number of rotatable bonds is 0. The molecule has 18 heavy (non-hydrogen) atoms. The predicted molar refractivity (Wildman–Crippen MR) is 76.2 cm³/mol. The van der Waals surface area contributed by atoms with Crippen LogP contribution in [0.4, 0.5) is 0 Å². The molecule has 0 radical (unpaired) electrons. The highest BCUT2D eigenvalue weighted by molar-refractivity contribution is 9.10. The van der Waals surface area contributed by atoms with Gasteiger partial charge in [-0.1, -0.05) is 17.7 Å². The van der Waals surface area contributed by atoms with Crippen molar-refractivity contribution in [2.45, 2.75) is 6.92 Å². The van der Waals surface area contributed by atoms with Gasteiger partial charge in [-0.3, -0.25) is 0 Å².